The third-order valence-corrected chi connectivity index (χ3v) is 4.49. The van der Waals surface area contributed by atoms with Crippen molar-refractivity contribution >= 4 is 21.7 Å². The van der Waals surface area contributed by atoms with Gasteiger partial charge in [0.05, 0.1) is 0 Å². The number of likely N-dealkylation sites (tertiary alicyclic amines) is 1. The number of aromatic nitrogens is 1. The maximum absolute atomic E-state index is 4.36. The van der Waals surface area contributed by atoms with E-state index < -0.39 is 0 Å². The highest BCUT2D eigenvalue weighted by molar-refractivity contribution is 9.10. The van der Waals surface area contributed by atoms with Crippen molar-refractivity contribution in [1.82, 2.24) is 9.88 Å². The minimum atomic E-state index is 0.907. The van der Waals surface area contributed by atoms with Crippen LogP contribution in [0.25, 0.3) is 0 Å². The molecule has 0 aromatic carbocycles. The quantitative estimate of drug-likeness (QED) is 0.924. The summed E-state index contributed by atoms with van der Waals surface area (Å²) in [7, 11) is 0. The molecule has 0 atom stereocenters. The third-order valence-electron chi connectivity index (χ3n) is 3.66. The number of piperidine rings is 1. The number of hydrogen-bond donors (Lipinski definition) is 1. The molecule has 1 saturated heterocycles. The Balaban J connectivity index is 1.73. The Labute approximate surface area is 118 Å². The van der Waals surface area contributed by atoms with E-state index in [1.165, 1.54) is 31.5 Å². The third kappa shape index (κ3) is 3.95. The van der Waals surface area contributed by atoms with Crippen molar-refractivity contribution in [3.05, 3.63) is 22.3 Å². The highest BCUT2D eigenvalue weighted by Gasteiger charge is 2.14. The first-order valence-corrected chi connectivity index (χ1v) is 7.53. The van der Waals surface area contributed by atoms with Crippen LogP contribution in [0, 0.1) is 12.8 Å². The first-order chi connectivity index (χ1) is 8.65. The topological polar surface area (TPSA) is 28.2 Å². The molecule has 100 valence electrons. The molecular weight excluding hydrogens is 290 g/mol. The summed E-state index contributed by atoms with van der Waals surface area (Å²) in [4.78, 5) is 6.90. The average molecular weight is 312 g/mol. The van der Waals surface area contributed by atoms with E-state index in [1.807, 2.05) is 6.20 Å². The van der Waals surface area contributed by atoms with E-state index in [9.17, 15) is 0 Å². The van der Waals surface area contributed by atoms with Crippen molar-refractivity contribution in [2.45, 2.75) is 26.7 Å². The van der Waals surface area contributed by atoms with Crippen LogP contribution in [0.2, 0.25) is 0 Å². The standard InChI is InChI=1S/C14H22BrN3/c1-11-3-6-18(7-4-11)8-5-16-14-9-12(2)13(15)10-17-14/h9-11H,3-8H2,1-2H3,(H,16,17). The van der Waals surface area contributed by atoms with Crippen molar-refractivity contribution in [2.24, 2.45) is 5.92 Å². The fourth-order valence-electron chi connectivity index (χ4n) is 2.26. The molecule has 0 aliphatic carbocycles. The summed E-state index contributed by atoms with van der Waals surface area (Å²) in [6.07, 6.45) is 4.55. The van der Waals surface area contributed by atoms with Crippen LogP contribution in [-0.2, 0) is 0 Å². The number of aryl methyl sites for hydroxylation is 1. The van der Waals surface area contributed by atoms with Crippen molar-refractivity contribution in [3.8, 4) is 0 Å². The van der Waals surface area contributed by atoms with Gasteiger partial charge in [-0.3, -0.25) is 0 Å². The molecule has 2 rings (SSSR count). The first-order valence-electron chi connectivity index (χ1n) is 6.73. The number of nitrogens with one attached hydrogen (secondary N) is 1. The highest BCUT2D eigenvalue weighted by atomic mass is 79.9. The molecule has 1 aromatic heterocycles. The molecule has 18 heavy (non-hydrogen) atoms. The summed E-state index contributed by atoms with van der Waals surface area (Å²) < 4.78 is 1.07. The van der Waals surface area contributed by atoms with Crippen LogP contribution in [0.4, 0.5) is 5.82 Å². The summed E-state index contributed by atoms with van der Waals surface area (Å²) in [6.45, 7) is 9.02. The zero-order valence-corrected chi connectivity index (χ0v) is 12.8. The first kappa shape index (κ1) is 13.8. The largest absolute Gasteiger partial charge is 0.369 e. The lowest BCUT2D eigenvalue weighted by molar-refractivity contribution is 0.199. The van der Waals surface area contributed by atoms with E-state index in [0.717, 1.165) is 29.3 Å². The van der Waals surface area contributed by atoms with E-state index in [2.05, 4.69) is 51.0 Å². The molecule has 4 heteroatoms. The van der Waals surface area contributed by atoms with Crippen LogP contribution in [-0.4, -0.2) is 36.1 Å². The molecule has 0 spiro atoms. The van der Waals surface area contributed by atoms with Gasteiger partial charge in [0.25, 0.3) is 0 Å². The maximum atomic E-state index is 4.36. The minimum Gasteiger partial charge on any atom is -0.369 e. The summed E-state index contributed by atoms with van der Waals surface area (Å²) in [5.74, 6) is 1.88. The molecular formula is C14H22BrN3. The number of rotatable bonds is 4. The zero-order valence-electron chi connectivity index (χ0n) is 11.2. The second-order valence-electron chi connectivity index (χ2n) is 5.27. The summed E-state index contributed by atoms with van der Waals surface area (Å²) in [5.41, 5.74) is 1.22. The van der Waals surface area contributed by atoms with E-state index >= 15 is 0 Å². The number of pyridine rings is 1. The van der Waals surface area contributed by atoms with Gasteiger partial charge < -0.3 is 10.2 Å². The van der Waals surface area contributed by atoms with Crippen LogP contribution >= 0.6 is 15.9 Å². The second kappa shape index (κ2) is 6.53. The van der Waals surface area contributed by atoms with Crippen LogP contribution in [0.15, 0.2) is 16.7 Å². The Morgan fingerprint density at radius 2 is 2.17 bits per heavy atom. The van der Waals surface area contributed by atoms with Gasteiger partial charge in [0.15, 0.2) is 0 Å². The van der Waals surface area contributed by atoms with Crippen molar-refractivity contribution in [3.63, 3.8) is 0 Å². The van der Waals surface area contributed by atoms with Gasteiger partial charge in [-0.25, -0.2) is 4.98 Å². The molecule has 0 unspecified atom stereocenters. The number of halogens is 1. The molecule has 1 fully saturated rings. The van der Waals surface area contributed by atoms with Crippen LogP contribution < -0.4 is 5.32 Å². The Morgan fingerprint density at radius 3 is 2.83 bits per heavy atom. The highest BCUT2D eigenvalue weighted by Crippen LogP contribution is 2.17. The second-order valence-corrected chi connectivity index (χ2v) is 6.12. The van der Waals surface area contributed by atoms with E-state index in [0.29, 0.717) is 0 Å². The molecule has 1 aliphatic rings. The SMILES string of the molecule is Cc1cc(NCCN2CCC(C)CC2)ncc1Br. The molecule has 2 heterocycles. The van der Waals surface area contributed by atoms with Crippen molar-refractivity contribution < 1.29 is 0 Å². The Hall–Kier alpha value is -0.610. The molecule has 0 amide bonds. The van der Waals surface area contributed by atoms with Gasteiger partial charge in [0.1, 0.15) is 5.82 Å². The fourth-order valence-corrected chi connectivity index (χ4v) is 2.48. The van der Waals surface area contributed by atoms with Gasteiger partial charge in [-0.1, -0.05) is 6.92 Å². The van der Waals surface area contributed by atoms with Crippen LogP contribution in [0.1, 0.15) is 25.3 Å². The Kier molecular flexibility index (Phi) is 5.01. The van der Waals surface area contributed by atoms with E-state index in [-0.39, 0.29) is 0 Å². The maximum Gasteiger partial charge on any atom is 0.126 e. The summed E-state index contributed by atoms with van der Waals surface area (Å²) in [6, 6.07) is 2.09. The molecule has 3 nitrogen and oxygen atoms in total. The predicted octanol–water partition coefficient (Wildman–Crippen LogP) is 3.30. The lowest BCUT2D eigenvalue weighted by Crippen LogP contribution is -2.36. The smallest absolute Gasteiger partial charge is 0.126 e. The van der Waals surface area contributed by atoms with Gasteiger partial charge in [0, 0.05) is 23.8 Å². The monoisotopic (exact) mass is 311 g/mol. The van der Waals surface area contributed by atoms with E-state index in [1.54, 1.807) is 0 Å². The van der Waals surface area contributed by atoms with Gasteiger partial charge in [-0.15, -0.1) is 0 Å². The van der Waals surface area contributed by atoms with Gasteiger partial charge in [-0.2, -0.15) is 0 Å². The van der Waals surface area contributed by atoms with E-state index in [4.69, 9.17) is 0 Å². The number of nitrogens with zero attached hydrogens (tertiary/aromatic N) is 2. The van der Waals surface area contributed by atoms with Crippen LogP contribution in [0.3, 0.4) is 0 Å². The molecule has 1 aliphatic heterocycles. The minimum absolute atomic E-state index is 0.907. The Bertz CT molecular complexity index is 387. The van der Waals surface area contributed by atoms with Gasteiger partial charge in [-0.05, 0) is 66.3 Å². The molecule has 1 N–H and O–H groups in total. The normalized spacial score (nSPS) is 17.9. The van der Waals surface area contributed by atoms with Gasteiger partial charge >= 0.3 is 0 Å². The molecule has 1 aromatic rings. The number of hydrogen-bond acceptors (Lipinski definition) is 3. The molecule has 0 radical (unpaired) electrons. The van der Waals surface area contributed by atoms with Crippen molar-refractivity contribution in [2.75, 3.05) is 31.5 Å². The summed E-state index contributed by atoms with van der Waals surface area (Å²) in [5, 5.41) is 3.40. The lowest BCUT2D eigenvalue weighted by atomic mass is 9.99. The number of anilines is 1. The fraction of sp³-hybridized carbons (Fsp3) is 0.643. The van der Waals surface area contributed by atoms with Gasteiger partial charge in [0.2, 0.25) is 0 Å². The zero-order chi connectivity index (χ0) is 13.0. The summed E-state index contributed by atoms with van der Waals surface area (Å²) >= 11 is 3.47. The Morgan fingerprint density at radius 1 is 1.44 bits per heavy atom. The predicted molar refractivity (Wildman–Crippen MR) is 80.0 cm³/mol. The lowest BCUT2D eigenvalue weighted by Gasteiger charge is -2.30. The molecule has 0 bridgehead atoms. The molecule has 0 saturated carbocycles. The average Bonchev–Trinajstić information content (AvgIpc) is 2.36. The van der Waals surface area contributed by atoms with Crippen LogP contribution in [0.5, 0.6) is 0 Å². The van der Waals surface area contributed by atoms with Crippen molar-refractivity contribution in [1.29, 1.82) is 0 Å².